The van der Waals surface area contributed by atoms with Crippen molar-refractivity contribution in [3.05, 3.63) is 46.2 Å². The Bertz CT molecular complexity index is 684. The van der Waals surface area contributed by atoms with Crippen LogP contribution in [0.5, 0.6) is 0 Å². The van der Waals surface area contributed by atoms with Crippen LogP contribution in [0.15, 0.2) is 24.4 Å². The number of benzene rings is 1. The number of rotatable bonds is 5. The number of halogens is 1. The summed E-state index contributed by atoms with van der Waals surface area (Å²) in [5.41, 5.74) is 1.09. The highest BCUT2D eigenvalue weighted by Crippen LogP contribution is 2.19. The molecule has 0 saturated carbocycles. The molecule has 110 valence electrons. The number of aromatic carboxylic acids is 1. The number of hydrogen-bond acceptors (Lipinski definition) is 4. The molecule has 2 N–H and O–H groups in total. The summed E-state index contributed by atoms with van der Waals surface area (Å²) in [5.74, 6) is -1.43. The first-order valence-electron chi connectivity index (χ1n) is 6.16. The van der Waals surface area contributed by atoms with Gasteiger partial charge in [-0.25, -0.2) is 9.48 Å². The Labute approximate surface area is 125 Å². The van der Waals surface area contributed by atoms with Gasteiger partial charge in [-0.05, 0) is 18.6 Å². The van der Waals surface area contributed by atoms with Gasteiger partial charge in [-0.15, -0.1) is 5.10 Å². The third kappa shape index (κ3) is 3.57. The lowest BCUT2D eigenvalue weighted by Crippen LogP contribution is -2.27. The summed E-state index contributed by atoms with van der Waals surface area (Å²) < 4.78 is 1.35. The number of carboxylic acid groups (broad SMARTS) is 1. The summed E-state index contributed by atoms with van der Waals surface area (Å²) in [6, 6.07) is 5.22. The molecule has 0 radical (unpaired) electrons. The molecule has 1 amide bonds. The van der Waals surface area contributed by atoms with E-state index < -0.39 is 5.97 Å². The molecule has 0 atom stereocenters. The standard InChI is InChI=1S/C13H13ClN4O3/c1-8-3-2-4-9(11(8)14)12(19)15-5-6-18-7-10(13(20)21)16-17-18/h2-4,7H,5-6H2,1H3,(H,15,19)(H,20,21). The highest BCUT2D eigenvalue weighted by Gasteiger charge is 2.12. The van der Waals surface area contributed by atoms with E-state index in [9.17, 15) is 9.59 Å². The Morgan fingerprint density at radius 3 is 2.86 bits per heavy atom. The van der Waals surface area contributed by atoms with Crippen molar-refractivity contribution in [2.75, 3.05) is 6.54 Å². The van der Waals surface area contributed by atoms with E-state index >= 15 is 0 Å². The van der Waals surface area contributed by atoms with Crippen molar-refractivity contribution in [3.63, 3.8) is 0 Å². The molecule has 0 aliphatic rings. The normalized spacial score (nSPS) is 10.4. The van der Waals surface area contributed by atoms with Crippen LogP contribution in [0.4, 0.5) is 0 Å². The molecule has 0 aliphatic heterocycles. The van der Waals surface area contributed by atoms with Crippen LogP contribution in [0.1, 0.15) is 26.4 Å². The van der Waals surface area contributed by atoms with Crippen molar-refractivity contribution in [2.45, 2.75) is 13.5 Å². The number of carbonyl (C=O) groups excluding carboxylic acids is 1. The first-order chi connectivity index (χ1) is 9.99. The van der Waals surface area contributed by atoms with Gasteiger partial charge >= 0.3 is 5.97 Å². The van der Waals surface area contributed by atoms with Crippen LogP contribution in [0.3, 0.4) is 0 Å². The summed E-state index contributed by atoms with van der Waals surface area (Å²) in [6.45, 7) is 2.42. The maximum Gasteiger partial charge on any atom is 0.358 e. The van der Waals surface area contributed by atoms with E-state index in [4.69, 9.17) is 16.7 Å². The first-order valence-corrected chi connectivity index (χ1v) is 6.53. The number of aryl methyl sites for hydroxylation is 1. The lowest BCUT2D eigenvalue weighted by molar-refractivity contribution is 0.0690. The topological polar surface area (TPSA) is 97.1 Å². The van der Waals surface area contributed by atoms with Crippen LogP contribution < -0.4 is 5.32 Å². The number of amides is 1. The highest BCUT2D eigenvalue weighted by molar-refractivity contribution is 6.34. The van der Waals surface area contributed by atoms with Crippen molar-refractivity contribution in [1.82, 2.24) is 20.3 Å². The minimum absolute atomic E-state index is 0.136. The molecule has 0 fully saturated rings. The van der Waals surface area contributed by atoms with E-state index in [1.165, 1.54) is 10.9 Å². The molecule has 0 aliphatic carbocycles. The van der Waals surface area contributed by atoms with E-state index in [-0.39, 0.29) is 18.1 Å². The number of carboxylic acids is 1. The highest BCUT2D eigenvalue weighted by atomic mass is 35.5. The number of nitrogens with zero attached hydrogens (tertiary/aromatic N) is 3. The van der Waals surface area contributed by atoms with Gasteiger partial charge in [0.1, 0.15) is 0 Å². The summed E-state index contributed by atoms with van der Waals surface area (Å²) >= 11 is 6.07. The van der Waals surface area contributed by atoms with Gasteiger partial charge in [0, 0.05) is 6.54 Å². The van der Waals surface area contributed by atoms with Crippen molar-refractivity contribution in [2.24, 2.45) is 0 Å². The minimum atomic E-state index is -1.14. The van der Waals surface area contributed by atoms with Crippen LogP contribution in [-0.2, 0) is 6.54 Å². The molecule has 0 saturated heterocycles. The van der Waals surface area contributed by atoms with Gasteiger partial charge in [0.05, 0.1) is 23.3 Å². The van der Waals surface area contributed by atoms with E-state index in [1.54, 1.807) is 12.1 Å². The second-order valence-corrected chi connectivity index (χ2v) is 4.74. The largest absolute Gasteiger partial charge is 0.476 e. The summed E-state index contributed by atoms with van der Waals surface area (Å²) in [4.78, 5) is 22.6. The molecule has 2 rings (SSSR count). The molecule has 0 spiro atoms. The molecular formula is C13H13ClN4O3. The van der Waals surface area contributed by atoms with Crippen molar-refractivity contribution >= 4 is 23.5 Å². The molecule has 0 unspecified atom stereocenters. The second-order valence-electron chi connectivity index (χ2n) is 4.36. The predicted molar refractivity (Wildman–Crippen MR) is 75.5 cm³/mol. The minimum Gasteiger partial charge on any atom is -0.476 e. The molecule has 1 aromatic heterocycles. The average molecular weight is 309 g/mol. The van der Waals surface area contributed by atoms with Crippen molar-refractivity contribution < 1.29 is 14.7 Å². The van der Waals surface area contributed by atoms with E-state index in [1.807, 2.05) is 13.0 Å². The lowest BCUT2D eigenvalue weighted by Gasteiger charge is -2.08. The first kappa shape index (κ1) is 15.0. The van der Waals surface area contributed by atoms with Crippen LogP contribution in [0.2, 0.25) is 5.02 Å². The zero-order valence-electron chi connectivity index (χ0n) is 11.2. The molecule has 21 heavy (non-hydrogen) atoms. The molecule has 8 heteroatoms. The van der Waals surface area contributed by atoms with Gasteiger partial charge in [0.15, 0.2) is 5.69 Å². The molecule has 1 heterocycles. The Morgan fingerprint density at radius 1 is 1.43 bits per heavy atom. The second kappa shape index (κ2) is 6.36. The number of nitrogens with one attached hydrogen (secondary N) is 1. The van der Waals surface area contributed by atoms with Crippen molar-refractivity contribution in [1.29, 1.82) is 0 Å². The molecule has 2 aromatic rings. The third-order valence-electron chi connectivity index (χ3n) is 2.82. The lowest BCUT2D eigenvalue weighted by atomic mass is 10.1. The van der Waals surface area contributed by atoms with E-state index in [0.717, 1.165) is 5.56 Å². The quantitative estimate of drug-likeness (QED) is 0.869. The van der Waals surface area contributed by atoms with Gasteiger partial charge in [-0.1, -0.05) is 28.9 Å². The van der Waals surface area contributed by atoms with Crippen LogP contribution >= 0.6 is 11.6 Å². The van der Waals surface area contributed by atoms with E-state index in [2.05, 4.69) is 15.6 Å². The summed E-state index contributed by atoms with van der Waals surface area (Å²) in [6.07, 6.45) is 1.30. The predicted octanol–water partition coefficient (Wildman–Crippen LogP) is 1.37. The van der Waals surface area contributed by atoms with Crippen LogP contribution in [0, 0.1) is 6.92 Å². The van der Waals surface area contributed by atoms with Gasteiger partial charge in [-0.3, -0.25) is 4.79 Å². The Balaban J connectivity index is 1.92. The fraction of sp³-hybridized carbons (Fsp3) is 0.231. The zero-order valence-corrected chi connectivity index (χ0v) is 12.0. The van der Waals surface area contributed by atoms with Crippen LogP contribution in [0.25, 0.3) is 0 Å². The maximum atomic E-state index is 12.0. The average Bonchev–Trinajstić information content (AvgIpc) is 2.91. The molecule has 7 nitrogen and oxygen atoms in total. The number of carbonyl (C=O) groups is 2. The number of hydrogen-bond donors (Lipinski definition) is 2. The zero-order chi connectivity index (χ0) is 15.4. The van der Waals surface area contributed by atoms with Gasteiger partial charge in [0.25, 0.3) is 5.91 Å². The maximum absolute atomic E-state index is 12.0. The van der Waals surface area contributed by atoms with Gasteiger partial charge in [0.2, 0.25) is 0 Å². The summed E-state index contributed by atoms with van der Waals surface area (Å²) in [5, 5.41) is 19.0. The monoisotopic (exact) mass is 308 g/mol. The van der Waals surface area contributed by atoms with E-state index in [0.29, 0.717) is 17.1 Å². The third-order valence-corrected chi connectivity index (χ3v) is 3.32. The summed E-state index contributed by atoms with van der Waals surface area (Å²) in [7, 11) is 0. The Hall–Kier alpha value is -2.41. The molecular weight excluding hydrogens is 296 g/mol. The fourth-order valence-corrected chi connectivity index (χ4v) is 1.92. The molecule has 0 bridgehead atoms. The number of aromatic nitrogens is 3. The fourth-order valence-electron chi connectivity index (χ4n) is 1.71. The van der Waals surface area contributed by atoms with Crippen LogP contribution in [-0.4, -0.2) is 38.5 Å². The van der Waals surface area contributed by atoms with Gasteiger partial charge < -0.3 is 10.4 Å². The Kier molecular flexibility index (Phi) is 4.54. The Morgan fingerprint density at radius 2 is 2.19 bits per heavy atom. The molecule has 1 aromatic carbocycles. The smallest absolute Gasteiger partial charge is 0.358 e. The van der Waals surface area contributed by atoms with Crippen molar-refractivity contribution in [3.8, 4) is 0 Å². The van der Waals surface area contributed by atoms with Gasteiger partial charge in [-0.2, -0.15) is 0 Å². The SMILES string of the molecule is Cc1cccc(C(=O)NCCn2cc(C(=O)O)nn2)c1Cl.